The third-order valence-corrected chi connectivity index (χ3v) is 2.92. The summed E-state index contributed by atoms with van der Waals surface area (Å²) in [6.07, 6.45) is -0.195. The van der Waals surface area contributed by atoms with Crippen molar-refractivity contribution in [3.05, 3.63) is 64.7 Å². The Kier molecular flexibility index (Phi) is 4.38. The number of hydrogen-bond acceptors (Lipinski definition) is 2. The molecule has 2 rings (SSSR count). The molecule has 0 saturated heterocycles. The van der Waals surface area contributed by atoms with Gasteiger partial charge in [0.25, 0.3) is 5.91 Å². The second kappa shape index (κ2) is 6.21. The quantitative estimate of drug-likeness (QED) is 0.908. The van der Waals surface area contributed by atoms with E-state index in [1.165, 1.54) is 0 Å². The van der Waals surface area contributed by atoms with Crippen molar-refractivity contribution in [3.63, 3.8) is 0 Å². The van der Waals surface area contributed by atoms with Crippen LogP contribution in [0.5, 0.6) is 0 Å². The number of carbonyl (C=O) groups excluding carboxylic acids is 1. The average Bonchev–Trinajstić information content (AvgIpc) is 2.38. The third kappa shape index (κ3) is 3.59. The van der Waals surface area contributed by atoms with E-state index in [1.807, 2.05) is 0 Å². The summed E-state index contributed by atoms with van der Waals surface area (Å²) in [7, 11) is 0. The molecule has 20 heavy (non-hydrogen) atoms. The van der Waals surface area contributed by atoms with Crippen molar-refractivity contribution < 1.29 is 14.7 Å². The van der Waals surface area contributed by atoms with E-state index < -0.39 is 5.97 Å². The minimum absolute atomic E-state index is 0.195. The molecular formula is C15H12ClNO3. The first-order valence-electron chi connectivity index (χ1n) is 5.93. The van der Waals surface area contributed by atoms with E-state index in [4.69, 9.17) is 16.7 Å². The highest BCUT2D eigenvalue weighted by atomic mass is 35.5. The molecule has 0 radical (unpaired) electrons. The van der Waals surface area contributed by atoms with Crippen molar-refractivity contribution in [2.45, 2.75) is 6.42 Å². The molecule has 0 aromatic heterocycles. The van der Waals surface area contributed by atoms with Crippen LogP contribution in [0.2, 0.25) is 5.02 Å². The van der Waals surface area contributed by atoms with Gasteiger partial charge in [-0.3, -0.25) is 9.59 Å². The zero-order chi connectivity index (χ0) is 14.5. The van der Waals surface area contributed by atoms with Gasteiger partial charge < -0.3 is 10.4 Å². The van der Waals surface area contributed by atoms with Gasteiger partial charge in [-0.05, 0) is 29.8 Å². The molecule has 1 amide bonds. The number of carboxylic acid groups (broad SMARTS) is 1. The van der Waals surface area contributed by atoms with Crippen molar-refractivity contribution in [1.29, 1.82) is 0 Å². The second-order valence-electron chi connectivity index (χ2n) is 4.19. The highest BCUT2D eigenvalue weighted by Crippen LogP contribution is 2.17. The van der Waals surface area contributed by atoms with Gasteiger partial charge in [0.05, 0.1) is 6.42 Å². The first kappa shape index (κ1) is 14.1. The molecule has 2 aromatic rings. The number of aliphatic carboxylic acids is 1. The van der Waals surface area contributed by atoms with Gasteiger partial charge in [0.2, 0.25) is 0 Å². The second-order valence-corrected chi connectivity index (χ2v) is 4.63. The molecule has 0 fully saturated rings. The van der Waals surface area contributed by atoms with Crippen molar-refractivity contribution >= 4 is 29.2 Å². The van der Waals surface area contributed by atoms with Crippen LogP contribution in [-0.2, 0) is 11.2 Å². The highest BCUT2D eigenvalue weighted by molar-refractivity contribution is 6.31. The van der Waals surface area contributed by atoms with Gasteiger partial charge in [-0.25, -0.2) is 0 Å². The zero-order valence-electron chi connectivity index (χ0n) is 10.5. The van der Waals surface area contributed by atoms with Gasteiger partial charge in [0.15, 0.2) is 0 Å². The molecule has 2 N–H and O–H groups in total. The van der Waals surface area contributed by atoms with Crippen LogP contribution in [0.1, 0.15) is 15.9 Å². The molecular weight excluding hydrogens is 278 g/mol. The van der Waals surface area contributed by atoms with E-state index in [0.29, 0.717) is 21.8 Å². The van der Waals surface area contributed by atoms with Gasteiger partial charge in [-0.1, -0.05) is 35.9 Å². The summed E-state index contributed by atoms with van der Waals surface area (Å²) in [5.74, 6) is -1.34. The number of anilines is 1. The van der Waals surface area contributed by atoms with Gasteiger partial charge in [0, 0.05) is 16.3 Å². The molecule has 0 aliphatic carbocycles. The zero-order valence-corrected chi connectivity index (χ0v) is 11.2. The minimum Gasteiger partial charge on any atom is -0.481 e. The molecule has 0 spiro atoms. The predicted octanol–water partition coefficient (Wildman–Crippen LogP) is 3.22. The molecule has 0 bridgehead atoms. The fourth-order valence-electron chi connectivity index (χ4n) is 1.82. The van der Waals surface area contributed by atoms with Crippen LogP contribution < -0.4 is 5.32 Å². The van der Waals surface area contributed by atoms with Crippen molar-refractivity contribution in [3.8, 4) is 0 Å². The maximum Gasteiger partial charge on any atom is 0.307 e. The van der Waals surface area contributed by atoms with Crippen molar-refractivity contribution in [1.82, 2.24) is 0 Å². The normalized spacial score (nSPS) is 10.1. The van der Waals surface area contributed by atoms with Gasteiger partial charge >= 0.3 is 5.97 Å². The smallest absolute Gasteiger partial charge is 0.307 e. The van der Waals surface area contributed by atoms with E-state index >= 15 is 0 Å². The monoisotopic (exact) mass is 289 g/mol. The first-order valence-corrected chi connectivity index (χ1v) is 6.30. The summed E-state index contributed by atoms with van der Waals surface area (Å²) in [5.41, 5.74) is 1.38. The lowest BCUT2D eigenvalue weighted by atomic mass is 10.0. The van der Waals surface area contributed by atoms with E-state index in [0.717, 1.165) is 0 Å². The number of carboxylic acids is 1. The lowest BCUT2D eigenvalue weighted by Crippen LogP contribution is -2.15. The van der Waals surface area contributed by atoms with Crippen molar-refractivity contribution in [2.75, 3.05) is 5.32 Å². The lowest BCUT2D eigenvalue weighted by molar-refractivity contribution is -0.136. The van der Waals surface area contributed by atoms with Gasteiger partial charge in [-0.2, -0.15) is 0 Å². The number of benzene rings is 2. The minimum atomic E-state index is -0.979. The molecule has 0 aliphatic heterocycles. The van der Waals surface area contributed by atoms with Crippen molar-refractivity contribution in [2.24, 2.45) is 0 Å². The van der Waals surface area contributed by atoms with E-state index in [2.05, 4.69) is 5.32 Å². The van der Waals surface area contributed by atoms with E-state index in [9.17, 15) is 9.59 Å². The van der Waals surface area contributed by atoms with Gasteiger partial charge in [0.1, 0.15) is 0 Å². The molecule has 102 valence electrons. The SMILES string of the molecule is O=C(O)Cc1ccccc1C(=O)Nc1cccc(Cl)c1. The molecule has 4 nitrogen and oxygen atoms in total. The number of rotatable bonds is 4. The molecule has 0 unspecified atom stereocenters. The summed E-state index contributed by atoms with van der Waals surface area (Å²) < 4.78 is 0. The van der Waals surface area contributed by atoms with Crippen LogP contribution in [-0.4, -0.2) is 17.0 Å². The standard InChI is InChI=1S/C15H12ClNO3/c16-11-5-3-6-12(9-11)17-15(20)13-7-2-1-4-10(13)8-14(18)19/h1-7,9H,8H2,(H,17,20)(H,18,19). The number of halogens is 1. The maximum absolute atomic E-state index is 12.2. The Bertz CT molecular complexity index is 655. The largest absolute Gasteiger partial charge is 0.481 e. The highest BCUT2D eigenvalue weighted by Gasteiger charge is 2.13. The summed E-state index contributed by atoms with van der Waals surface area (Å²) in [4.78, 5) is 23.0. The van der Waals surface area contributed by atoms with Crippen LogP contribution in [0.15, 0.2) is 48.5 Å². The molecule has 2 aromatic carbocycles. The van der Waals surface area contributed by atoms with Crippen LogP contribution in [0, 0.1) is 0 Å². The Hall–Kier alpha value is -2.33. The number of nitrogens with one attached hydrogen (secondary N) is 1. The fraction of sp³-hybridized carbons (Fsp3) is 0.0667. The molecule has 0 saturated carbocycles. The Morgan fingerprint density at radius 2 is 1.85 bits per heavy atom. The van der Waals surface area contributed by atoms with Crippen LogP contribution in [0.4, 0.5) is 5.69 Å². The fourth-order valence-corrected chi connectivity index (χ4v) is 2.01. The summed E-state index contributed by atoms with van der Waals surface area (Å²) in [6.45, 7) is 0. The van der Waals surface area contributed by atoms with Gasteiger partial charge in [-0.15, -0.1) is 0 Å². The topological polar surface area (TPSA) is 66.4 Å². The molecule has 5 heteroatoms. The third-order valence-electron chi connectivity index (χ3n) is 2.69. The Morgan fingerprint density at radius 3 is 2.55 bits per heavy atom. The summed E-state index contributed by atoms with van der Waals surface area (Å²) >= 11 is 5.85. The average molecular weight is 290 g/mol. The number of hydrogen-bond donors (Lipinski definition) is 2. The molecule has 0 heterocycles. The Balaban J connectivity index is 2.23. The summed E-state index contributed by atoms with van der Waals surface area (Å²) in [6, 6.07) is 13.4. The van der Waals surface area contributed by atoms with E-state index in [1.54, 1.807) is 48.5 Å². The lowest BCUT2D eigenvalue weighted by Gasteiger charge is -2.09. The maximum atomic E-state index is 12.2. The van der Waals surface area contributed by atoms with Crippen LogP contribution in [0.25, 0.3) is 0 Å². The van der Waals surface area contributed by atoms with E-state index in [-0.39, 0.29) is 12.3 Å². The molecule has 0 atom stereocenters. The van der Waals surface area contributed by atoms with Crippen LogP contribution >= 0.6 is 11.6 Å². The van der Waals surface area contributed by atoms with Crippen LogP contribution in [0.3, 0.4) is 0 Å². The number of amides is 1. The Morgan fingerprint density at radius 1 is 1.10 bits per heavy atom. The first-order chi connectivity index (χ1) is 9.56. The Labute approximate surface area is 121 Å². The summed E-state index contributed by atoms with van der Waals surface area (Å²) in [5, 5.41) is 12.1. The number of carbonyl (C=O) groups is 2. The molecule has 0 aliphatic rings. The predicted molar refractivity (Wildman–Crippen MR) is 77.2 cm³/mol.